The Bertz CT molecular complexity index is 335. The van der Waals surface area contributed by atoms with Crippen LogP contribution in [0.25, 0.3) is 0 Å². The van der Waals surface area contributed by atoms with Gasteiger partial charge in [-0.3, -0.25) is 0 Å². The zero-order valence-corrected chi connectivity index (χ0v) is 11.2. The van der Waals surface area contributed by atoms with E-state index in [4.69, 9.17) is 0 Å². The van der Waals surface area contributed by atoms with E-state index in [1.807, 2.05) is 6.92 Å². The van der Waals surface area contributed by atoms with Gasteiger partial charge in [0.1, 0.15) is 0 Å². The Morgan fingerprint density at radius 1 is 1.64 bits per heavy atom. The fourth-order valence-electron chi connectivity index (χ4n) is 1.73. The van der Waals surface area contributed by atoms with Crippen molar-refractivity contribution in [2.75, 3.05) is 18.0 Å². The van der Waals surface area contributed by atoms with Gasteiger partial charge in [0.05, 0.1) is 5.69 Å². The number of rotatable bonds is 1. The summed E-state index contributed by atoms with van der Waals surface area (Å²) in [6, 6.07) is 0. The third-order valence-electron chi connectivity index (χ3n) is 2.70. The lowest BCUT2D eigenvalue weighted by Gasteiger charge is -2.20. The van der Waals surface area contributed by atoms with Gasteiger partial charge in [0, 0.05) is 23.3 Å². The largest absolute Gasteiger partial charge is 0.346 e. The van der Waals surface area contributed by atoms with Gasteiger partial charge >= 0.3 is 0 Å². The Morgan fingerprint density at radius 3 is 2.79 bits per heavy atom. The third kappa shape index (κ3) is 1.82. The minimum absolute atomic E-state index is 0.347. The summed E-state index contributed by atoms with van der Waals surface area (Å²) < 4.78 is 0. The molecule has 0 radical (unpaired) electrons. The molecule has 4 heteroatoms. The van der Waals surface area contributed by atoms with Crippen molar-refractivity contribution >= 4 is 32.4 Å². The van der Waals surface area contributed by atoms with Crippen LogP contribution in [-0.4, -0.2) is 22.9 Å². The molecule has 1 fully saturated rings. The maximum Gasteiger partial charge on any atom is 0.185 e. The molecule has 78 valence electrons. The van der Waals surface area contributed by atoms with E-state index in [2.05, 4.69) is 45.0 Å². The summed E-state index contributed by atoms with van der Waals surface area (Å²) >= 11 is 5.48. The fraction of sp³-hybridized carbons (Fsp3) is 0.700. The summed E-state index contributed by atoms with van der Waals surface area (Å²) in [5.74, 6) is 0. The van der Waals surface area contributed by atoms with Crippen molar-refractivity contribution in [1.82, 2.24) is 4.98 Å². The van der Waals surface area contributed by atoms with Gasteiger partial charge in [0.2, 0.25) is 0 Å². The molecule has 2 heterocycles. The number of alkyl halides is 1. The van der Waals surface area contributed by atoms with Gasteiger partial charge in [-0.2, -0.15) is 0 Å². The molecule has 0 saturated carbocycles. The van der Waals surface area contributed by atoms with Crippen molar-refractivity contribution in [1.29, 1.82) is 0 Å². The average Bonchev–Trinajstić information content (AvgIpc) is 2.58. The molecule has 1 aliphatic rings. The number of nitrogens with zero attached hydrogens (tertiary/aromatic N) is 2. The number of aromatic nitrogens is 1. The lowest BCUT2D eigenvalue weighted by Crippen LogP contribution is -2.23. The van der Waals surface area contributed by atoms with Crippen molar-refractivity contribution < 1.29 is 0 Å². The first-order valence-corrected chi connectivity index (χ1v) is 6.60. The van der Waals surface area contributed by atoms with Crippen LogP contribution in [0.3, 0.4) is 0 Å². The first-order valence-electron chi connectivity index (χ1n) is 4.80. The molecule has 1 saturated heterocycles. The summed E-state index contributed by atoms with van der Waals surface area (Å²) in [5.41, 5.74) is 1.47. The molecule has 0 N–H and O–H groups in total. The number of thiazole rings is 1. The van der Waals surface area contributed by atoms with Gasteiger partial charge in [0.25, 0.3) is 0 Å². The van der Waals surface area contributed by atoms with Gasteiger partial charge < -0.3 is 4.90 Å². The fourth-order valence-corrected chi connectivity index (χ4v) is 3.04. The van der Waals surface area contributed by atoms with E-state index in [0.717, 1.165) is 23.9 Å². The second kappa shape index (κ2) is 3.49. The van der Waals surface area contributed by atoms with Gasteiger partial charge in [-0.25, -0.2) is 4.98 Å². The van der Waals surface area contributed by atoms with E-state index in [-0.39, 0.29) is 0 Å². The normalized spacial score (nSPS) is 25.7. The lowest BCUT2D eigenvalue weighted by molar-refractivity contribution is 0.434. The molecule has 1 aliphatic heterocycles. The van der Waals surface area contributed by atoms with Crippen LogP contribution in [0.5, 0.6) is 0 Å². The first-order chi connectivity index (χ1) is 6.49. The van der Waals surface area contributed by atoms with Crippen molar-refractivity contribution in [2.45, 2.75) is 25.6 Å². The summed E-state index contributed by atoms with van der Waals surface area (Å²) in [6.45, 7) is 8.81. The molecule has 1 unspecified atom stereocenters. The highest BCUT2D eigenvalue weighted by Gasteiger charge is 2.38. The molecule has 2 rings (SSSR count). The average molecular weight is 275 g/mol. The van der Waals surface area contributed by atoms with E-state index >= 15 is 0 Å². The topological polar surface area (TPSA) is 16.1 Å². The van der Waals surface area contributed by atoms with Crippen LogP contribution >= 0.6 is 27.3 Å². The van der Waals surface area contributed by atoms with E-state index in [1.54, 1.807) is 11.3 Å². The summed E-state index contributed by atoms with van der Waals surface area (Å²) in [5, 5.41) is 3.28. The first kappa shape index (κ1) is 10.4. The number of halogens is 1. The van der Waals surface area contributed by atoms with Crippen LogP contribution in [0.15, 0.2) is 5.38 Å². The summed E-state index contributed by atoms with van der Waals surface area (Å²) in [4.78, 5) is 7.46. The molecule has 0 aromatic carbocycles. The zero-order valence-electron chi connectivity index (χ0n) is 8.75. The Morgan fingerprint density at radius 2 is 2.36 bits per heavy atom. The van der Waals surface area contributed by atoms with Gasteiger partial charge in [-0.05, 0) is 12.3 Å². The highest BCUT2D eigenvalue weighted by Crippen LogP contribution is 2.38. The Hall–Kier alpha value is -0.0900. The molecular weight excluding hydrogens is 260 g/mol. The van der Waals surface area contributed by atoms with Crippen LogP contribution in [0.2, 0.25) is 0 Å². The van der Waals surface area contributed by atoms with Crippen molar-refractivity contribution in [3.05, 3.63) is 11.1 Å². The van der Waals surface area contributed by atoms with Crippen molar-refractivity contribution in [3.63, 3.8) is 0 Å². The number of hydrogen-bond donors (Lipinski definition) is 0. The van der Waals surface area contributed by atoms with Gasteiger partial charge in [0.15, 0.2) is 5.13 Å². The standard InChI is InChI=1S/C10H15BrN2S/c1-7-5-14-9(12-7)13-4-8(11)10(2,3)6-13/h5,8H,4,6H2,1-3H3. The van der Waals surface area contributed by atoms with E-state index < -0.39 is 0 Å². The van der Waals surface area contributed by atoms with Crippen LogP contribution in [-0.2, 0) is 0 Å². The van der Waals surface area contributed by atoms with E-state index in [9.17, 15) is 0 Å². The minimum Gasteiger partial charge on any atom is -0.346 e. The second-order valence-corrected chi connectivity index (χ2v) is 6.55. The monoisotopic (exact) mass is 274 g/mol. The maximum absolute atomic E-state index is 4.52. The smallest absolute Gasteiger partial charge is 0.185 e. The molecule has 0 spiro atoms. The number of aryl methyl sites for hydroxylation is 1. The van der Waals surface area contributed by atoms with Crippen LogP contribution in [0.1, 0.15) is 19.5 Å². The lowest BCUT2D eigenvalue weighted by atomic mass is 9.93. The quantitative estimate of drug-likeness (QED) is 0.732. The second-order valence-electron chi connectivity index (χ2n) is 4.61. The highest BCUT2D eigenvalue weighted by molar-refractivity contribution is 9.09. The molecule has 0 amide bonds. The molecule has 0 bridgehead atoms. The molecule has 1 aromatic rings. The predicted octanol–water partition coefficient (Wildman–Crippen LogP) is 3.06. The van der Waals surface area contributed by atoms with Crippen molar-refractivity contribution in [2.24, 2.45) is 5.41 Å². The summed E-state index contributed by atoms with van der Waals surface area (Å²) in [7, 11) is 0. The number of hydrogen-bond acceptors (Lipinski definition) is 3. The highest BCUT2D eigenvalue weighted by atomic mass is 79.9. The molecular formula is C10H15BrN2S. The maximum atomic E-state index is 4.52. The Labute approximate surface area is 97.5 Å². The van der Waals surface area contributed by atoms with Crippen LogP contribution in [0, 0.1) is 12.3 Å². The number of anilines is 1. The van der Waals surface area contributed by atoms with E-state index in [0.29, 0.717) is 10.2 Å². The molecule has 1 atom stereocenters. The van der Waals surface area contributed by atoms with E-state index in [1.165, 1.54) is 0 Å². The predicted molar refractivity (Wildman–Crippen MR) is 65.6 cm³/mol. The molecule has 2 nitrogen and oxygen atoms in total. The molecule has 1 aromatic heterocycles. The molecule has 14 heavy (non-hydrogen) atoms. The summed E-state index contributed by atoms with van der Waals surface area (Å²) in [6.07, 6.45) is 0. The van der Waals surface area contributed by atoms with Crippen LogP contribution in [0.4, 0.5) is 5.13 Å². The van der Waals surface area contributed by atoms with Gasteiger partial charge in [-0.1, -0.05) is 29.8 Å². The Balaban J connectivity index is 2.16. The van der Waals surface area contributed by atoms with Crippen molar-refractivity contribution in [3.8, 4) is 0 Å². The Kier molecular flexibility index (Phi) is 2.60. The van der Waals surface area contributed by atoms with Crippen LogP contribution < -0.4 is 4.90 Å². The van der Waals surface area contributed by atoms with Gasteiger partial charge in [-0.15, -0.1) is 11.3 Å². The molecule has 0 aliphatic carbocycles. The minimum atomic E-state index is 0.347. The SMILES string of the molecule is Cc1csc(N2CC(Br)C(C)(C)C2)n1. The zero-order chi connectivity index (χ0) is 10.3. The third-order valence-corrected chi connectivity index (χ3v) is 5.25.